The number of hydrogen-bond acceptors (Lipinski definition) is 4. The zero-order valence-electron chi connectivity index (χ0n) is 17.6. The Morgan fingerprint density at radius 3 is 2.87 bits per heavy atom. The molecule has 2 N–H and O–H groups in total. The van der Waals surface area contributed by atoms with E-state index in [1.807, 2.05) is 29.3 Å². The van der Waals surface area contributed by atoms with Gasteiger partial charge in [-0.3, -0.25) is 9.79 Å². The van der Waals surface area contributed by atoms with Crippen LogP contribution in [0.25, 0.3) is 5.82 Å². The molecule has 0 aromatic carbocycles. The van der Waals surface area contributed by atoms with Crippen molar-refractivity contribution in [3.8, 4) is 5.82 Å². The number of rotatable bonds is 5. The van der Waals surface area contributed by atoms with Crippen molar-refractivity contribution >= 4 is 11.9 Å². The second-order valence-electron chi connectivity index (χ2n) is 8.15. The number of aromatic nitrogens is 3. The summed E-state index contributed by atoms with van der Waals surface area (Å²) in [7, 11) is 1.77. The molecule has 3 heterocycles. The molecule has 1 saturated carbocycles. The van der Waals surface area contributed by atoms with Crippen LogP contribution in [0.3, 0.4) is 0 Å². The van der Waals surface area contributed by atoms with Crippen molar-refractivity contribution in [2.24, 2.45) is 10.9 Å². The minimum atomic E-state index is 0.237. The van der Waals surface area contributed by atoms with Crippen LogP contribution in [0.1, 0.15) is 44.1 Å². The molecular weight excluding hydrogens is 378 g/mol. The van der Waals surface area contributed by atoms with Crippen LogP contribution in [0.2, 0.25) is 0 Å². The predicted molar refractivity (Wildman–Crippen MR) is 116 cm³/mol. The highest BCUT2D eigenvalue weighted by molar-refractivity contribution is 5.81. The summed E-state index contributed by atoms with van der Waals surface area (Å²) in [6, 6.07) is 6.10. The summed E-state index contributed by atoms with van der Waals surface area (Å²) in [5, 5.41) is 11.1. The Kier molecular flexibility index (Phi) is 6.61. The third kappa shape index (κ3) is 4.98. The monoisotopic (exact) mass is 409 g/mol. The van der Waals surface area contributed by atoms with Crippen molar-refractivity contribution in [1.82, 2.24) is 30.3 Å². The Hall–Kier alpha value is -2.90. The van der Waals surface area contributed by atoms with Gasteiger partial charge in [-0.15, -0.1) is 0 Å². The second kappa shape index (κ2) is 9.73. The fourth-order valence-electron chi connectivity index (χ4n) is 4.36. The molecule has 0 bridgehead atoms. The Morgan fingerprint density at radius 2 is 2.10 bits per heavy atom. The lowest BCUT2D eigenvalue weighted by molar-refractivity contribution is -0.135. The van der Waals surface area contributed by atoms with Crippen LogP contribution in [0.15, 0.2) is 41.8 Å². The van der Waals surface area contributed by atoms with Gasteiger partial charge in [0.05, 0.1) is 0 Å². The van der Waals surface area contributed by atoms with Gasteiger partial charge in [-0.2, -0.15) is 5.10 Å². The van der Waals surface area contributed by atoms with E-state index < -0.39 is 0 Å². The highest BCUT2D eigenvalue weighted by Crippen LogP contribution is 2.26. The molecule has 1 amide bonds. The van der Waals surface area contributed by atoms with Gasteiger partial charge in [0.2, 0.25) is 5.91 Å². The predicted octanol–water partition coefficient (Wildman–Crippen LogP) is 2.11. The molecule has 8 heteroatoms. The van der Waals surface area contributed by atoms with Crippen LogP contribution in [0.5, 0.6) is 0 Å². The zero-order chi connectivity index (χ0) is 20.8. The number of nitrogens with one attached hydrogen (secondary N) is 2. The summed E-state index contributed by atoms with van der Waals surface area (Å²) in [5.74, 6) is 2.13. The van der Waals surface area contributed by atoms with Crippen LogP contribution in [0.4, 0.5) is 0 Å². The Balaban J connectivity index is 1.27. The van der Waals surface area contributed by atoms with Crippen LogP contribution in [0, 0.1) is 5.92 Å². The maximum atomic E-state index is 12.8. The molecule has 2 aliphatic rings. The third-order valence-corrected chi connectivity index (χ3v) is 6.03. The molecule has 1 atom stereocenters. The first kappa shape index (κ1) is 20.4. The van der Waals surface area contributed by atoms with Gasteiger partial charge in [-0.05, 0) is 43.0 Å². The number of aliphatic imine (C=N–C) groups is 1. The van der Waals surface area contributed by atoms with Crippen molar-refractivity contribution in [3.05, 3.63) is 42.4 Å². The highest BCUT2D eigenvalue weighted by Gasteiger charge is 2.31. The molecule has 1 aliphatic heterocycles. The number of pyridine rings is 1. The molecule has 2 fully saturated rings. The molecule has 0 spiro atoms. The number of guanidine groups is 1. The van der Waals surface area contributed by atoms with E-state index in [0.717, 1.165) is 49.7 Å². The van der Waals surface area contributed by atoms with Gasteiger partial charge in [0.15, 0.2) is 11.8 Å². The SMILES string of the molecule is CN=C(NCc1ccnc(-n2cccn2)c1)NC1CCN(C(=O)C2CCCCC2)C1. The molecule has 0 radical (unpaired) electrons. The zero-order valence-corrected chi connectivity index (χ0v) is 17.6. The average Bonchev–Trinajstić information content (AvgIpc) is 3.49. The summed E-state index contributed by atoms with van der Waals surface area (Å²) in [4.78, 5) is 23.5. The van der Waals surface area contributed by atoms with Gasteiger partial charge in [-0.1, -0.05) is 19.3 Å². The molecule has 30 heavy (non-hydrogen) atoms. The van der Waals surface area contributed by atoms with E-state index in [4.69, 9.17) is 0 Å². The number of nitrogens with zero attached hydrogens (tertiary/aromatic N) is 5. The number of likely N-dealkylation sites (tertiary alicyclic amines) is 1. The maximum absolute atomic E-state index is 12.8. The number of hydrogen-bond donors (Lipinski definition) is 2. The Bertz CT molecular complexity index is 858. The largest absolute Gasteiger partial charge is 0.352 e. The van der Waals surface area contributed by atoms with Gasteiger partial charge < -0.3 is 15.5 Å². The van der Waals surface area contributed by atoms with E-state index >= 15 is 0 Å². The van der Waals surface area contributed by atoms with Crippen molar-refractivity contribution in [2.45, 2.75) is 51.1 Å². The van der Waals surface area contributed by atoms with Gasteiger partial charge in [0.1, 0.15) is 0 Å². The minimum absolute atomic E-state index is 0.237. The van der Waals surface area contributed by atoms with Gasteiger partial charge >= 0.3 is 0 Å². The fourth-order valence-corrected chi connectivity index (χ4v) is 4.36. The van der Waals surface area contributed by atoms with Crippen molar-refractivity contribution < 1.29 is 4.79 Å². The first-order valence-electron chi connectivity index (χ1n) is 10.9. The van der Waals surface area contributed by atoms with Gasteiger partial charge in [0, 0.05) is 57.2 Å². The van der Waals surface area contributed by atoms with Gasteiger partial charge in [-0.25, -0.2) is 9.67 Å². The van der Waals surface area contributed by atoms with Crippen LogP contribution in [-0.2, 0) is 11.3 Å². The third-order valence-electron chi connectivity index (χ3n) is 6.03. The number of amides is 1. The van der Waals surface area contributed by atoms with Crippen molar-refractivity contribution in [2.75, 3.05) is 20.1 Å². The van der Waals surface area contributed by atoms with Crippen LogP contribution in [-0.4, -0.2) is 57.7 Å². The molecule has 8 nitrogen and oxygen atoms in total. The summed E-state index contributed by atoms with van der Waals surface area (Å²) < 4.78 is 1.74. The summed E-state index contributed by atoms with van der Waals surface area (Å²) >= 11 is 0. The summed E-state index contributed by atoms with van der Waals surface area (Å²) in [6.07, 6.45) is 12.1. The fraction of sp³-hybridized carbons (Fsp3) is 0.545. The van der Waals surface area contributed by atoms with Crippen LogP contribution >= 0.6 is 0 Å². The first-order chi connectivity index (χ1) is 14.7. The normalized spacial score (nSPS) is 20.4. The Morgan fingerprint density at radius 1 is 1.23 bits per heavy atom. The smallest absolute Gasteiger partial charge is 0.225 e. The van der Waals surface area contributed by atoms with E-state index in [1.54, 1.807) is 24.1 Å². The molecular formula is C22H31N7O. The van der Waals surface area contributed by atoms with E-state index in [1.165, 1.54) is 19.3 Å². The Labute approximate surface area is 177 Å². The molecule has 2 aromatic heterocycles. The lowest BCUT2D eigenvalue weighted by atomic mass is 9.88. The molecule has 1 aliphatic carbocycles. The summed E-state index contributed by atoms with van der Waals surface area (Å²) in [5.41, 5.74) is 1.10. The number of carbonyl (C=O) groups is 1. The van der Waals surface area contributed by atoms with Crippen LogP contribution < -0.4 is 10.6 Å². The molecule has 2 aromatic rings. The standard InChI is InChI=1S/C22H31N7O/c1-23-22(25-15-17-8-11-24-20(14-17)29-12-5-10-26-29)27-19-9-13-28(16-19)21(30)18-6-3-2-4-7-18/h5,8,10-12,14,18-19H,2-4,6-7,9,13,15-16H2,1H3,(H2,23,25,27). The molecule has 4 rings (SSSR count). The van der Waals surface area contributed by atoms with E-state index in [9.17, 15) is 4.79 Å². The highest BCUT2D eigenvalue weighted by atomic mass is 16.2. The van der Waals surface area contributed by atoms with Crippen molar-refractivity contribution in [1.29, 1.82) is 0 Å². The lowest BCUT2D eigenvalue weighted by Gasteiger charge is -2.26. The van der Waals surface area contributed by atoms with Crippen molar-refractivity contribution in [3.63, 3.8) is 0 Å². The molecule has 1 saturated heterocycles. The topological polar surface area (TPSA) is 87.4 Å². The average molecular weight is 410 g/mol. The quantitative estimate of drug-likeness (QED) is 0.583. The van der Waals surface area contributed by atoms with E-state index in [-0.39, 0.29) is 12.0 Å². The van der Waals surface area contributed by atoms with E-state index in [2.05, 4.69) is 25.7 Å². The molecule has 160 valence electrons. The van der Waals surface area contributed by atoms with E-state index in [0.29, 0.717) is 12.5 Å². The number of carbonyl (C=O) groups excluding carboxylic acids is 1. The lowest BCUT2D eigenvalue weighted by Crippen LogP contribution is -2.45. The first-order valence-corrected chi connectivity index (χ1v) is 10.9. The maximum Gasteiger partial charge on any atom is 0.225 e. The van der Waals surface area contributed by atoms with Gasteiger partial charge in [0.25, 0.3) is 0 Å². The second-order valence-corrected chi connectivity index (χ2v) is 8.15. The summed E-state index contributed by atoms with van der Waals surface area (Å²) in [6.45, 7) is 2.23. The minimum Gasteiger partial charge on any atom is -0.352 e. The molecule has 1 unspecified atom stereocenters.